The number of aliphatic carboxylic acids is 2. The molecule has 0 spiro atoms. The summed E-state index contributed by atoms with van der Waals surface area (Å²) in [5.74, 6) is -2.09. The molecule has 7 nitrogen and oxygen atoms in total. The lowest BCUT2D eigenvalue weighted by Crippen LogP contribution is -2.48. The summed E-state index contributed by atoms with van der Waals surface area (Å²) in [6, 6.07) is 10.2. The van der Waals surface area contributed by atoms with Crippen LogP contribution in [0.25, 0.3) is 0 Å². The fourth-order valence-electron chi connectivity index (χ4n) is 3.99. The Bertz CT molecular complexity index is 703. The third kappa shape index (κ3) is 6.66. The molecule has 3 atom stereocenters. The van der Waals surface area contributed by atoms with E-state index in [1.54, 1.807) is 0 Å². The van der Waals surface area contributed by atoms with Gasteiger partial charge in [-0.3, -0.25) is 0 Å². The van der Waals surface area contributed by atoms with E-state index in [1.807, 2.05) is 18.2 Å². The van der Waals surface area contributed by atoms with Crippen molar-refractivity contribution in [1.82, 2.24) is 5.32 Å². The maximum Gasteiger partial charge on any atom is 0.414 e. The molecule has 0 heterocycles. The van der Waals surface area contributed by atoms with E-state index < -0.39 is 18.0 Å². The Balaban J connectivity index is 0.000000438. The summed E-state index contributed by atoms with van der Waals surface area (Å²) >= 11 is 0. The molecule has 1 aromatic rings. The third-order valence-corrected chi connectivity index (χ3v) is 5.90. The standard InChI is InChI=1S/C20H29NO2.C2H2O4/c1-20(2)17-9-8-16(19(20)10-17)13-23-14-18(22)12-21-11-15-6-4-3-5-7-15;3-1(4)2(5)6/h3-8,17-19,21-22H,9-14H2,1-2H3;(H,3,4)(H,5,6). The Labute approximate surface area is 171 Å². The van der Waals surface area contributed by atoms with Crippen LogP contribution in [0.3, 0.4) is 0 Å². The highest BCUT2D eigenvalue weighted by atomic mass is 16.5. The number of carbonyl (C=O) groups is 2. The van der Waals surface area contributed by atoms with Gasteiger partial charge in [-0.15, -0.1) is 0 Å². The number of hydrogen-bond donors (Lipinski definition) is 4. The van der Waals surface area contributed by atoms with Crippen LogP contribution >= 0.6 is 0 Å². The molecule has 0 saturated heterocycles. The number of fused-ring (bicyclic) bond motifs is 1. The molecule has 1 aromatic carbocycles. The molecule has 2 bridgehead atoms. The summed E-state index contributed by atoms with van der Waals surface area (Å²) in [5, 5.41) is 28.1. The minimum atomic E-state index is -1.82. The number of aliphatic hydroxyl groups is 1. The number of nitrogens with one attached hydrogen (secondary N) is 1. The Kier molecular flexibility index (Phi) is 8.37. The molecule has 160 valence electrons. The summed E-state index contributed by atoms with van der Waals surface area (Å²) in [5.41, 5.74) is 3.13. The van der Waals surface area contributed by atoms with Gasteiger partial charge in [0.2, 0.25) is 0 Å². The van der Waals surface area contributed by atoms with Crippen LogP contribution in [0, 0.1) is 17.3 Å². The van der Waals surface area contributed by atoms with Crippen molar-refractivity contribution in [1.29, 1.82) is 0 Å². The Hall–Kier alpha value is -2.22. The molecule has 4 N–H and O–H groups in total. The van der Waals surface area contributed by atoms with E-state index >= 15 is 0 Å². The van der Waals surface area contributed by atoms with Gasteiger partial charge in [0.15, 0.2) is 0 Å². The zero-order valence-corrected chi connectivity index (χ0v) is 17.0. The summed E-state index contributed by atoms with van der Waals surface area (Å²) < 4.78 is 5.77. The largest absolute Gasteiger partial charge is 0.473 e. The molecule has 3 aliphatic rings. The van der Waals surface area contributed by atoms with Crippen LogP contribution in [0.1, 0.15) is 32.3 Å². The van der Waals surface area contributed by atoms with Crippen LogP contribution in [0.4, 0.5) is 0 Å². The fraction of sp³-hybridized carbons (Fsp3) is 0.545. The number of benzene rings is 1. The van der Waals surface area contributed by atoms with Crippen molar-refractivity contribution in [3.63, 3.8) is 0 Å². The molecule has 1 fully saturated rings. The highest BCUT2D eigenvalue weighted by Gasteiger charge is 2.50. The topological polar surface area (TPSA) is 116 Å². The highest BCUT2D eigenvalue weighted by Crippen LogP contribution is 2.59. The lowest BCUT2D eigenvalue weighted by Gasteiger charge is -2.56. The second-order valence-electron chi connectivity index (χ2n) is 8.22. The van der Waals surface area contributed by atoms with E-state index in [1.165, 1.54) is 24.0 Å². The van der Waals surface area contributed by atoms with Gasteiger partial charge in [-0.05, 0) is 41.2 Å². The fourth-order valence-corrected chi connectivity index (χ4v) is 3.99. The number of allylic oxidation sites excluding steroid dienone is 1. The Morgan fingerprint density at radius 1 is 1.21 bits per heavy atom. The predicted molar refractivity (Wildman–Crippen MR) is 108 cm³/mol. The molecule has 0 amide bonds. The number of carboxylic acid groups (broad SMARTS) is 2. The lowest BCUT2D eigenvalue weighted by molar-refractivity contribution is -0.159. The molecule has 3 aliphatic carbocycles. The molecule has 0 radical (unpaired) electrons. The average molecular weight is 405 g/mol. The van der Waals surface area contributed by atoms with Crippen LogP contribution in [0.5, 0.6) is 0 Å². The van der Waals surface area contributed by atoms with E-state index in [2.05, 4.69) is 37.4 Å². The summed E-state index contributed by atoms with van der Waals surface area (Å²) in [4.78, 5) is 18.2. The summed E-state index contributed by atoms with van der Waals surface area (Å²) in [6.45, 7) is 7.17. The highest BCUT2D eigenvalue weighted by molar-refractivity contribution is 6.27. The first-order chi connectivity index (χ1) is 13.7. The normalized spacial score (nSPS) is 22.4. The minimum Gasteiger partial charge on any atom is -0.473 e. The van der Waals surface area contributed by atoms with Gasteiger partial charge in [0.05, 0.1) is 19.3 Å². The van der Waals surface area contributed by atoms with Crippen molar-refractivity contribution in [2.24, 2.45) is 17.3 Å². The first kappa shape index (κ1) is 23.1. The van der Waals surface area contributed by atoms with Gasteiger partial charge in [0.25, 0.3) is 0 Å². The number of aliphatic hydroxyl groups excluding tert-OH is 1. The van der Waals surface area contributed by atoms with E-state index in [0.29, 0.717) is 31.1 Å². The first-order valence-electron chi connectivity index (χ1n) is 9.87. The number of rotatable bonds is 8. The van der Waals surface area contributed by atoms with Gasteiger partial charge < -0.3 is 25.4 Å². The van der Waals surface area contributed by atoms with Gasteiger partial charge in [0, 0.05) is 13.1 Å². The minimum absolute atomic E-state index is 0.399. The van der Waals surface area contributed by atoms with E-state index in [0.717, 1.165) is 12.5 Å². The monoisotopic (exact) mass is 405 g/mol. The quantitative estimate of drug-likeness (QED) is 0.387. The van der Waals surface area contributed by atoms with Crippen molar-refractivity contribution in [2.45, 2.75) is 39.3 Å². The maximum absolute atomic E-state index is 10.0. The molecule has 29 heavy (non-hydrogen) atoms. The van der Waals surface area contributed by atoms with Crippen molar-refractivity contribution < 1.29 is 29.6 Å². The van der Waals surface area contributed by atoms with Gasteiger partial charge in [-0.1, -0.05) is 50.3 Å². The van der Waals surface area contributed by atoms with Gasteiger partial charge in [-0.2, -0.15) is 0 Å². The molecule has 3 unspecified atom stereocenters. The Morgan fingerprint density at radius 2 is 1.86 bits per heavy atom. The zero-order valence-electron chi connectivity index (χ0n) is 17.0. The van der Waals surface area contributed by atoms with Crippen molar-refractivity contribution in [2.75, 3.05) is 19.8 Å². The van der Waals surface area contributed by atoms with Gasteiger partial charge in [-0.25, -0.2) is 9.59 Å². The van der Waals surface area contributed by atoms with Crippen LogP contribution in [0.2, 0.25) is 0 Å². The summed E-state index contributed by atoms with van der Waals surface area (Å²) in [6.07, 6.45) is 4.43. The van der Waals surface area contributed by atoms with Crippen LogP contribution in [-0.2, 0) is 20.9 Å². The predicted octanol–water partition coefficient (Wildman–Crippen LogP) is 2.30. The number of hydrogen-bond acceptors (Lipinski definition) is 5. The molecule has 0 aromatic heterocycles. The van der Waals surface area contributed by atoms with Crippen molar-refractivity contribution in [3.8, 4) is 0 Å². The second kappa shape index (κ2) is 10.5. The molecule has 7 heteroatoms. The van der Waals surface area contributed by atoms with Gasteiger partial charge in [0.1, 0.15) is 0 Å². The van der Waals surface area contributed by atoms with Crippen LogP contribution in [-0.4, -0.2) is 53.1 Å². The van der Waals surface area contributed by atoms with E-state index in [4.69, 9.17) is 24.5 Å². The first-order valence-corrected chi connectivity index (χ1v) is 9.87. The second-order valence-corrected chi connectivity index (χ2v) is 8.22. The smallest absolute Gasteiger partial charge is 0.414 e. The Morgan fingerprint density at radius 3 is 2.41 bits per heavy atom. The van der Waals surface area contributed by atoms with Gasteiger partial charge >= 0.3 is 11.9 Å². The van der Waals surface area contributed by atoms with Crippen molar-refractivity contribution >= 4 is 11.9 Å². The maximum atomic E-state index is 10.0. The molecular formula is C22H31NO6. The van der Waals surface area contributed by atoms with E-state index in [-0.39, 0.29) is 0 Å². The third-order valence-electron chi connectivity index (χ3n) is 5.90. The lowest BCUT2D eigenvalue weighted by atomic mass is 9.49. The summed E-state index contributed by atoms with van der Waals surface area (Å²) in [7, 11) is 0. The zero-order chi connectivity index (χ0) is 21.4. The van der Waals surface area contributed by atoms with Crippen LogP contribution in [0.15, 0.2) is 42.0 Å². The van der Waals surface area contributed by atoms with Crippen LogP contribution < -0.4 is 5.32 Å². The average Bonchev–Trinajstić information content (AvgIpc) is 2.69. The molecule has 0 aliphatic heterocycles. The van der Waals surface area contributed by atoms with Crippen molar-refractivity contribution in [3.05, 3.63) is 47.5 Å². The molecular weight excluding hydrogens is 374 g/mol. The number of ether oxygens (including phenoxy) is 1. The molecule has 1 saturated carbocycles. The number of carboxylic acids is 2. The SMILES string of the molecule is CC1(C)C2CC=C(COCC(O)CNCc3ccccc3)C1C2.O=C(O)C(=O)O. The molecule has 4 rings (SSSR count). The van der Waals surface area contributed by atoms with E-state index in [9.17, 15) is 5.11 Å².